The van der Waals surface area contributed by atoms with Crippen molar-refractivity contribution in [1.29, 1.82) is 0 Å². The monoisotopic (exact) mass is 388 g/mol. The number of hydrogen-bond acceptors (Lipinski definition) is 3. The maximum Gasteiger partial charge on any atom is 0.244 e. The molecule has 0 saturated carbocycles. The van der Waals surface area contributed by atoms with Crippen LogP contribution in [0.4, 0.5) is 0 Å². The zero-order valence-corrected chi connectivity index (χ0v) is 14.9. The van der Waals surface area contributed by atoms with E-state index in [1.54, 1.807) is 18.3 Å². The van der Waals surface area contributed by atoms with E-state index in [0.717, 1.165) is 16.5 Å². The van der Waals surface area contributed by atoms with Crippen LogP contribution in [0.1, 0.15) is 17.4 Å². The number of carbonyl (C=O) groups is 1. The van der Waals surface area contributed by atoms with Gasteiger partial charge in [0, 0.05) is 15.9 Å². The number of carbonyl (C=O) groups excluding carboxylic acids is 1. The summed E-state index contributed by atoms with van der Waals surface area (Å²) in [6.45, 7) is 2.33. The van der Waals surface area contributed by atoms with Gasteiger partial charge in [-0.3, -0.25) is 4.79 Å². The number of nitrogens with one attached hydrogen (secondary N) is 1. The van der Waals surface area contributed by atoms with Gasteiger partial charge in [0.05, 0.1) is 0 Å². The molecule has 1 heterocycles. The highest BCUT2D eigenvalue weighted by molar-refractivity contribution is 9.10. The van der Waals surface area contributed by atoms with E-state index in [-0.39, 0.29) is 18.3 Å². The first-order chi connectivity index (χ1) is 9.50. The van der Waals surface area contributed by atoms with E-state index >= 15 is 0 Å². The van der Waals surface area contributed by atoms with Gasteiger partial charge in [-0.1, -0.05) is 34.1 Å². The summed E-state index contributed by atoms with van der Waals surface area (Å²) in [5.74, 6) is -0.156. The summed E-state index contributed by atoms with van der Waals surface area (Å²) in [7, 11) is 0. The topological polar surface area (TPSA) is 55.1 Å². The molecule has 2 rings (SSSR count). The molecule has 0 aliphatic heterocycles. The van der Waals surface area contributed by atoms with Crippen molar-refractivity contribution in [3.63, 3.8) is 0 Å². The van der Waals surface area contributed by atoms with Crippen molar-refractivity contribution in [1.82, 2.24) is 5.32 Å². The molecule has 1 aromatic heterocycles. The van der Waals surface area contributed by atoms with Crippen molar-refractivity contribution in [2.45, 2.75) is 18.9 Å². The first-order valence-electron chi connectivity index (χ1n) is 6.36. The van der Waals surface area contributed by atoms with Crippen LogP contribution in [0.5, 0.6) is 0 Å². The molecule has 1 amide bonds. The molecule has 2 aromatic rings. The van der Waals surface area contributed by atoms with E-state index in [4.69, 9.17) is 5.73 Å². The lowest BCUT2D eigenvalue weighted by atomic mass is 9.92. The van der Waals surface area contributed by atoms with Crippen LogP contribution in [-0.4, -0.2) is 12.5 Å². The van der Waals surface area contributed by atoms with Crippen LogP contribution in [0.15, 0.2) is 46.3 Å². The Morgan fingerprint density at radius 3 is 2.57 bits per heavy atom. The van der Waals surface area contributed by atoms with E-state index < -0.39 is 5.54 Å². The summed E-state index contributed by atoms with van der Waals surface area (Å²) < 4.78 is 0.968. The predicted octanol–water partition coefficient (Wildman–Crippen LogP) is 3.47. The fraction of sp³-hybridized carbons (Fsp3) is 0.267. The molecule has 0 saturated heterocycles. The molecule has 1 atom stereocenters. The van der Waals surface area contributed by atoms with Crippen LogP contribution in [-0.2, 0) is 16.8 Å². The highest BCUT2D eigenvalue weighted by atomic mass is 79.9. The normalized spacial score (nSPS) is 13.1. The van der Waals surface area contributed by atoms with E-state index in [0.29, 0.717) is 6.54 Å². The number of thiophene rings is 1. The third kappa shape index (κ3) is 4.81. The fourth-order valence-corrected chi connectivity index (χ4v) is 2.84. The van der Waals surface area contributed by atoms with Gasteiger partial charge in [-0.15, -0.1) is 23.7 Å². The minimum atomic E-state index is -1.02. The van der Waals surface area contributed by atoms with Gasteiger partial charge in [-0.25, -0.2) is 0 Å². The number of benzene rings is 1. The summed E-state index contributed by atoms with van der Waals surface area (Å²) in [4.78, 5) is 13.5. The fourth-order valence-electron chi connectivity index (χ4n) is 1.86. The Balaban J connectivity index is 0.00000220. The quantitative estimate of drug-likeness (QED) is 0.822. The van der Waals surface area contributed by atoms with Gasteiger partial charge in [0.15, 0.2) is 0 Å². The average molecular weight is 390 g/mol. The second kappa shape index (κ2) is 7.94. The van der Waals surface area contributed by atoms with Crippen LogP contribution < -0.4 is 11.1 Å². The van der Waals surface area contributed by atoms with E-state index in [9.17, 15) is 4.79 Å². The van der Waals surface area contributed by atoms with Crippen LogP contribution in [0.25, 0.3) is 0 Å². The second-order valence-corrected chi connectivity index (χ2v) is 6.74. The minimum Gasteiger partial charge on any atom is -0.354 e. The lowest BCUT2D eigenvalue weighted by Crippen LogP contribution is -2.49. The van der Waals surface area contributed by atoms with Gasteiger partial charge in [0.2, 0.25) is 5.91 Å². The molecule has 0 fully saturated rings. The number of amides is 1. The molecule has 114 valence electrons. The van der Waals surface area contributed by atoms with Gasteiger partial charge in [-0.05, 0) is 42.5 Å². The molecule has 3 nitrogen and oxygen atoms in total. The Labute approximate surface area is 143 Å². The summed E-state index contributed by atoms with van der Waals surface area (Å²) in [6, 6.07) is 11.6. The Morgan fingerprint density at radius 1 is 1.33 bits per heavy atom. The van der Waals surface area contributed by atoms with Crippen molar-refractivity contribution < 1.29 is 4.79 Å². The van der Waals surface area contributed by atoms with Gasteiger partial charge >= 0.3 is 0 Å². The summed E-state index contributed by atoms with van der Waals surface area (Å²) >= 11 is 5.07. The lowest BCUT2D eigenvalue weighted by molar-refractivity contribution is -0.126. The molecule has 6 heteroatoms. The van der Waals surface area contributed by atoms with Crippen LogP contribution >= 0.6 is 39.7 Å². The van der Waals surface area contributed by atoms with E-state index in [1.807, 2.05) is 35.7 Å². The average Bonchev–Trinajstić information content (AvgIpc) is 2.92. The molecule has 21 heavy (non-hydrogen) atoms. The molecule has 0 aliphatic rings. The van der Waals surface area contributed by atoms with Crippen molar-refractivity contribution in [3.8, 4) is 0 Å². The number of rotatable bonds is 5. The molecule has 0 aliphatic carbocycles. The first-order valence-corrected chi connectivity index (χ1v) is 8.03. The van der Waals surface area contributed by atoms with Crippen molar-refractivity contribution >= 4 is 45.6 Å². The number of hydrogen-bond donors (Lipinski definition) is 2. The van der Waals surface area contributed by atoms with E-state index in [2.05, 4.69) is 27.3 Å². The zero-order valence-electron chi connectivity index (χ0n) is 11.6. The van der Waals surface area contributed by atoms with Gasteiger partial charge in [-0.2, -0.15) is 0 Å². The molecule has 0 spiro atoms. The van der Waals surface area contributed by atoms with Crippen LogP contribution in [0.2, 0.25) is 0 Å². The lowest BCUT2D eigenvalue weighted by Gasteiger charge is -2.24. The van der Waals surface area contributed by atoms with Crippen molar-refractivity contribution in [3.05, 3.63) is 56.7 Å². The summed E-state index contributed by atoms with van der Waals surface area (Å²) in [5, 5.41) is 4.94. The largest absolute Gasteiger partial charge is 0.354 e. The van der Waals surface area contributed by atoms with Crippen LogP contribution in [0, 0.1) is 0 Å². The third-order valence-electron chi connectivity index (χ3n) is 3.15. The number of halogens is 2. The Hall–Kier alpha value is -0.880. The predicted molar refractivity (Wildman–Crippen MR) is 94.0 cm³/mol. The van der Waals surface area contributed by atoms with E-state index in [1.165, 1.54) is 4.88 Å². The third-order valence-corrected chi connectivity index (χ3v) is 4.62. The SMILES string of the molecule is CC(N)(C(=O)NCCc1cccs1)c1ccc(Br)cc1.Cl. The van der Waals surface area contributed by atoms with Crippen LogP contribution in [0.3, 0.4) is 0 Å². The Bertz CT molecular complexity index is 570. The van der Waals surface area contributed by atoms with Gasteiger partial charge in [0.1, 0.15) is 5.54 Å². The zero-order chi connectivity index (χ0) is 14.6. The maximum absolute atomic E-state index is 12.2. The maximum atomic E-state index is 12.2. The van der Waals surface area contributed by atoms with Crippen molar-refractivity contribution in [2.24, 2.45) is 5.73 Å². The summed E-state index contributed by atoms with van der Waals surface area (Å²) in [5.41, 5.74) is 5.95. The smallest absolute Gasteiger partial charge is 0.244 e. The van der Waals surface area contributed by atoms with Crippen molar-refractivity contribution in [2.75, 3.05) is 6.54 Å². The molecule has 1 unspecified atom stereocenters. The minimum absolute atomic E-state index is 0. The highest BCUT2D eigenvalue weighted by Gasteiger charge is 2.29. The molecular formula is C15H18BrClN2OS. The summed E-state index contributed by atoms with van der Waals surface area (Å²) in [6.07, 6.45) is 0.833. The molecule has 1 aromatic carbocycles. The molecule has 0 radical (unpaired) electrons. The Kier molecular flexibility index (Phi) is 6.87. The molecular weight excluding hydrogens is 372 g/mol. The highest BCUT2D eigenvalue weighted by Crippen LogP contribution is 2.20. The second-order valence-electron chi connectivity index (χ2n) is 4.79. The standard InChI is InChI=1S/C15H17BrN2OS.ClH/c1-15(17,11-4-6-12(16)7-5-11)14(19)18-9-8-13-3-2-10-20-13;/h2-7,10H,8-9,17H2,1H3,(H,18,19);1H. The van der Waals surface area contributed by atoms with Gasteiger partial charge in [0.25, 0.3) is 0 Å². The van der Waals surface area contributed by atoms with Gasteiger partial charge < -0.3 is 11.1 Å². The Morgan fingerprint density at radius 2 is 2.00 bits per heavy atom. The first kappa shape index (κ1) is 18.2. The molecule has 3 N–H and O–H groups in total. The number of nitrogens with two attached hydrogens (primary N) is 1. The molecule has 0 bridgehead atoms.